The van der Waals surface area contributed by atoms with Crippen molar-refractivity contribution in [3.8, 4) is 0 Å². The van der Waals surface area contributed by atoms with Crippen LogP contribution in [0.25, 0.3) is 0 Å². The van der Waals surface area contributed by atoms with Crippen LogP contribution in [-0.4, -0.2) is 6.04 Å². The fraction of sp³-hybridized carbons (Fsp3) is 0.500. The first kappa shape index (κ1) is 8.76. The first-order valence-corrected chi connectivity index (χ1v) is 5.03. The lowest BCUT2D eigenvalue weighted by atomic mass is 9.94. The average molecular weight is 175 g/mol. The Kier molecular flexibility index (Phi) is 2.12. The molecule has 0 spiro atoms. The van der Waals surface area contributed by atoms with Gasteiger partial charge in [-0.25, -0.2) is 0 Å². The van der Waals surface area contributed by atoms with Crippen LogP contribution in [-0.2, 0) is 6.42 Å². The van der Waals surface area contributed by atoms with Crippen molar-refractivity contribution in [3.05, 3.63) is 34.9 Å². The van der Waals surface area contributed by atoms with E-state index in [0.29, 0.717) is 12.0 Å². The maximum Gasteiger partial charge on any atom is 0.00795 e. The van der Waals surface area contributed by atoms with Crippen LogP contribution >= 0.6 is 0 Å². The van der Waals surface area contributed by atoms with E-state index in [1.54, 1.807) is 0 Å². The molecule has 1 aromatic carbocycles. The molecule has 1 aliphatic carbocycles. The molecular formula is C12H17N. The second-order valence-corrected chi connectivity index (χ2v) is 4.21. The molecule has 2 atom stereocenters. The van der Waals surface area contributed by atoms with E-state index in [1.165, 1.54) is 29.5 Å². The second-order valence-electron chi connectivity index (χ2n) is 4.21. The molecule has 0 amide bonds. The van der Waals surface area contributed by atoms with Gasteiger partial charge in [0.25, 0.3) is 0 Å². The number of benzene rings is 1. The summed E-state index contributed by atoms with van der Waals surface area (Å²) in [6, 6.07) is 7.05. The molecule has 0 fully saturated rings. The molecule has 13 heavy (non-hydrogen) atoms. The molecule has 0 bridgehead atoms. The first-order valence-electron chi connectivity index (χ1n) is 5.03. The molecule has 0 radical (unpaired) electrons. The summed E-state index contributed by atoms with van der Waals surface area (Å²) in [6.45, 7) is 4.26. The average Bonchev–Trinajstić information content (AvgIpc) is 2.46. The summed E-state index contributed by atoms with van der Waals surface area (Å²) < 4.78 is 0. The van der Waals surface area contributed by atoms with Crippen LogP contribution in [0.3, 0.4) is 0 Å². The second kappa shape index (κ2) is 3.15. The van der Waals surface area contributed by atoms with Gasteiger partial charge >= 0.3 is 0 Å². The van der Waals surface area contributed by atoms with Crippen LogP contribution in [0.4, 0.5) is 0 Å². The summed E-state index contributed by atoms with van der Waals surface area (Å²) in [7, 11) is 0. The van der Waals surface area contributed by atoms with E-state index < -0.39 is 0 Å². The summed E-state index contributed by atoms with van der Waals surface area (Å²) >= 11 is 0. The molecule has 0 saturated carbocycles. The van der Waals surface area contributed by atoms with Crippen molar-refractivity contribution in [1.82, 2.24) is 0 Å². The zero-order valence-electron chi connectivity index (χ0n) is 8.38. The van der Waals surface area contributed by atoms with Crippen LogP contribution in [0.15, 0.2) is 18.2 Å². The molecule has 0 aliphatic heterocycles. The van der Waals surface area contributed by atoms with Crippen molar-refractivity contribution in [2.24, 2.45) is 5.73 Å². The molecule has 0 saturated heterocycles. The van der Waals surface area contributed by atoms with E-state index in [4.69, 9.17) is 5.73 Å². The van der Waals surface area contributed by atoms with Gasteiger partial charge in [-0.05, 0) is 43.7 Å². The maximum absolute atomic E-state index is 5.96. The van der Waals surface area contributed by atoms with Gasteiger partial charge in [-0.1, -0.05) is 23.8 Å². The van der Waals surface area contributed by atoms with Crippen molar-refractivity contribution < 1.29 is 0 Å². The predicted octanol–water partition coefficient (Wildman–Crippen LogP) is 2.37. The number of nitrogens with two attached hydrogens (primary N) is 1. The van der Waals surface area contributed by atoms with Gasteiger partial charge in [0.05, 0.1) is 0 Å². The van der Waals surface area contributed by atoms with Crippen molar-refractivity contribution in [2.75, 3.05) is 0 Å². The van der Waals surface area contributed by atoms with Crippen LogP contribution in [0.5, 0.6) is 0 Å². The number of hydrogen-bond acceptors (Lipinski definition) is 1. The van der Waals surface area contributed by atoms with E-state index in [0.717, 1.165) is 0 Å². The first-order chi connectivity index (χ1) is 6.18. The highest BCUT2D eigenvalue weighted by atomic mass is 14.6. The summed E-state index contributed by atoms with van der Waals surface area (Å²) in [5, 5.41) is 0. The van der Waals surface area contributed by atoms with Crippen molar-refractivity contribution in [2.45, 2.75) is 38.6 Å². The molecule has 2 rings (SSSR count). The van der Waals surface area contributed by atoms with Crippen molar-refractivity contribution in [3.63, 3.8) is 0 Å². The summed E-state index contributed by atoms with van der Waals surface area (Å²) in [5.74, 6) is 0.592. The van der Waals surface area contributed by atoms with Crippen molar-refractivity contribution >= 4 is 0 Å². The molecule has 1 heteroatoms. The minimum atomic E-state index is 0.294. The van der Waals surface area contributed by atoms with E-state index >= 15 is 0 Å². The lowest BCUT2D eigenvalue weighted by Gasteiger charge is -2.15. The molecule has 1 aliphatic rings. The van der Waals surface area contributed by atoms with Gasteiger partial charge < -0.3 is 5.73 Å². The van der Waals surface area contributed by atoms with Crippen LogP contribution in [0.2, 0.25) is 0 Å². The minimum absolute atomic E-state index is 0.294. The fourth-order valence-corrected chi connectivity index (χ4v) is 2.30. The molecule has 0 aromatic heterocycles. The highest BCUT2D eigenvalue weighted by molar-refractivity contribution is 5.38. The Labute approximate surface area is 80.0 Å². The largest absolute Gasteiger partial charge is 0.327 e. The van der Waals surface area contributed by atoms with Gasteiger partial charge in [0.2, 0.25) is 0 Å². The Balaban J connectivity index is 2.40. The monoisotopic (exact) mass is 175 g/mol. The van der Waals surface area contributed by atoms with Gasteiger partial charge in [0, 0.05) is 6.04 Å². The third-order valence-corrected chi connectivity index (χ3v) is 3.06. The van der Waals surface area contributed by atoms with E-state index in [9.17, 15) is 0 Å². The summed E-state index contributed by atoms with van der Waals surface area (Å²) in [6.07, 6.45) is 2.44. The molecule has 2 N–H and O–H groups in total. The van der Waals surface area contributed by atoms with Gasteiger partial charge in [-0.15, -0.1) is 0 Å². The Morgan fingerprint density at radius 1 is 1.46 bits per heavy atom. The van der Waals surface area contributed by atoms with Gasteiger partial charge in [0.15, 0.2) is 0 Å². The van der Waals surface area contributed by atoms with Gasteiger partial charge in [0.1, 0.15) is 0 Å². The quantitative estimate of drug-likeness (QED) is 0.696. The molecule has 1 nitrogen and oxygen atoms in total. The zero-order chi connectivity index (χ0) is 9.42. The Hall–Kier alpha value is -0.820. The molecule has 2 unspecified atom stereocenters. The molecular weight excluding hydrogens is 158 g/mol. The number of hydrogen-bond donors (Lipinski definition) is 1. The lowest BCUT2D eigenvalue weighted by Crippen LogP contribution is -2.22. The van der Waals surface area contributed by atoms with Crippen LogP contribution < -0.4 is 5.73 Å². The number of fused-ring (bicyclic) bond motifs is 1. The third-order valence-electron chi connectivity index (χ3n) is 3.06. The van der Waals surface area contributed by atoms with Gasteiger partial charge in [-0.3, -0.25) is 0 Å². The van der Waals surface area contributed by atoms with E-state index in [-0.39, 0.29) is 0 Å². The smallest absolute Gasteiger partial charge is 0.00795 e. The van der Waals surface area contributed by atoms with Gasteiger partial charge in [-0.2, -0.15) is 0 Å². The Bertz CT molecular complexity index is 315. The third kappa shape index (κ3) is 1.49. The maximum atomic E-state index is 5.96. The lowest BCUT2D eigenvalue weighted by molar-refractivity contribution is 0.564. The normalized spacial score (nSPS) is 22.8. The Morgan fingerprint density at radius 3 is 2.92 bits per heavy atom. The van der Waals surface area contributed by atoms with Crippen molar-refractivity contribution in [1.29, 1.82) is 0 Å². The summed E-state index contributed by atoms with van der Waals surface area (Å²) in [4.78, 5) is 0. The summed E-state index contributed by atoms with van der Waals surface area (Å²) in [5.41, 5.74) is 10.3. The van der Waals surface area contributed by atoms with Crippen LogP contribution in [0.1, 0.15) is 36.0 Å². The number of rotatable bonds is 1. The van der Waals surface area contributed by atoms with E-state index in [2.05, 4.69) is 32.0 Å². The number of aryl methyl sites for hydroxylation is 2. The Morgan fingerprint density at radius 2 is 2.23 bits per heavy atom. The fourth-order valence-electron chi connectivity index (χ4n) is 2.30. The minimum Gasteiger partial charge on any atom is -0.327 e. The molecule has 1 aromatic rings. The highest BCUT2D eigenvalue weighted by Gasteiger charge is 2.24. The SMILES string of the molecule is Cc1ccc2c(c1)C(C(C)N)CC2. The zero-order valence-corrected chi connectivity index (χ0v) is 8.38. The van der Waals surface area contributed by atoms with E-state index in [1.807, 2.05) is 0 Å². The van der Waals surface area contributed by atoms with Crippen LogP contribution in [0, 0.1) is 6.92 Å². The predicted molar refractivity (Wildman–Crippen MR) is 55.9 cm³/mol. The molecule has 0 heterocycles. The molecule has 70 valence electrons. The highest BCUT2D eigenvalue weighted by Crippen LogP contribution is 2.35. The standard InChI is InChI=1S/C12H17N/c1-8-3-4-10-5-6-11(9(2)13)12(10)7-8/h3-4,7,9,11H,5-6,13H2,1-2H3. The topological polar surface area (TPSA) is 26.0 Å².